The molecule has 0 spiro atoms. The van der Waals surface area contributed by atoms with Crippen LogP contribution in [0.4, 0.5) is 5.69 Å². The number of ether oxygens (including phenoxy) is 1. The lowest BCUT2D eigenvalue weighted by Crippen LogP contribution is -2.29. The number of benzene rings is 2. The van der Waals surface area contributed by atoms with Gasteiger partial charge in [-0.25, -0.2) is 0 Å². The first-order chi connectivity index (χ1) is 12.1. The van der Waals surface area contributed by atoms with Gasteiger partial charge in [-0.3, -0.25) is 0 Å². The summed E-state index contributed by atoms with van der Waals surface area (Å²) in [5.74, 6) is 2.56. The Balaban J connectivity index is 1.72. The fraction of sp³-hybridized carbons (Fsp3) is 0.391. The molecule has 1 aliphatic carbocycles. The van der Waals surface area contributed by atoms with Gasteiger partial charge in [0, 0.05) is 5.92 Å². The van der Waals surface area contributed by atoms with Crippen molar-refractivity contribution in [1.82, 2.24) is 0 Å². The molecule has 0 saturated carbocycles. The molecule has 0 radical (unpaired) electrons. The van der Waals surface area contributed by atoms with Gasteiger partial charge in [0.05, 0.1) is 18.3 Å². The van der Waals surface area contributed by atoms with E-state index in [1.54, 1.807) is 0 Å². The summed E-state index contributed by atoms with van der Waals surface area (Å²) in [6, 6.07) is 15.8. The van der Waals surface area contributed by atoms with Crippen molar-refractivity contribution >= 4 is 5.69 Å². The highest BCUT2D eigenvalue weighted by Gasteiger charge is 2.38. The maximum absolute atomic E-state index is 6.13. The number of nitrogens with one attached hydrogen (secondary N) is 1. The standard InChI is InChI=1S/C23H27NO/c1-15(2)14-25-21-9-5-8-20-18-6-4-7-19(18)22(24-23(20)21)17-12-10-16(3)11-13-17/h4-6,8-13,15,18-19,22,24H,7,14H2,1-3H3. The van der Waals surface area contributed by atoms with Crippen molar-refractivity contribution in [3.05, 3.63) is 71.3 Å². The summed E-state index contributed by atoms with van der Waals surface area (Å²) in [7, 11) is 0. The molecular formula is C23H27NO. The SMILES string of the molecule is Cc1ccc(C2Nc3c(OCC(C)C)cccc3C3C=CCC32)cc1. The van der Waals surface area contributed by atoms with Crippen LogP contribution in [0.5, 0.6) is 5.75 Å². The molecule has 0 amide bonds. The van der Waals surface area contributed by atoms with Gasteiger partial charge in [0.2, 0.25) is 0 Å². The second-order valence-corrected chi connectivity index (χ2v) is 7.81. The van der Waals surface area contributed by atoms with Crippen molar-refractivity contribution in [2.45, 2.75) is 39.2 Å². The minimum absolute atomic E-state index is 0.330. The Morgan fingerprint density at radius 1 is 1.12 bits per heavy atom. The first-order valence-electron chi connectivity index (χ1n) is 9.39. The van der Waals surface area contributed by atoms with Crippen LogP contribution in [0, 0.1) is 18.8 Å². The molecule has 130 valence electrons. The largest absolute Gasteiger partial charge is 0.491 e. The number of fused-ring (bicyclic) bond motifs is 3. The molecule has 25 heavy (non-hydrogen) atoms. The van der Waals surface area contributed by atoms with Crippen LogP contribution in [0.1, 0.15) is 48.9 Å². The second-order valence-electron chi connectivity index (χ2n) is 7.81. The van der Waals surface area contributed by atoms with Crippen LogP contribution in [-0.2, 0) is 0 Å². The van der Waals surface area contributed by atoms with E-state index in [0.29, 0.717) is 23.8 Å². The Kier molecular flexibility index (Phi) is 4.29. The summed E-state index contributed by atoms with van der Waals surface area (Å²) >= 11 is 0. The van der Waals surface area contributed by atoms with Crippen LogP contribution in [-0.4, -0.2) is 6.61 Å². The van der Waals surface area contributed by atoms with Crippen LogP contribution >= 0.6 is 0 Å². The summed E-state index contributed by atoms with van der Waals surface area (Å²) in [5.41, 5.74) is 5.24. The Bertz CT molecular complexity index is 775. The van der Waals surface area contributed by atoms with Gasteiger partial charge < -0.3 is 10.1 Å². The van der Waals surface area contributed by atoms with Gasteiger partial charge in [-0.15, -0.1) is 0 Å². The number of allylic oxidation sites excluding steroid dienone is 2. The lowest BCUT2D eigenvalue weighted by Gasteiger charge is -2.38. The number of hydrogen-bond acceptors (Lipinski definition) is 2. The number of rotatable bonds is 4. The molecular weight excluding hydrogens is 306 g/mol. The highest BCUT2D eigenvalue weighted by atomic mass is 16.5. The maximum Gasteiger partial charge on any atom is 0.142 e. The highest BCUT2D eigenvalue weighted by molar-refractivity contribution is 5.67. The number of hydrogen-bond donors (Lipinski definition) is 1. The summed E-state index contributed by atoms with van der Waals surface area (Å²) < 4.78 is 6.13. The van der Waals surface area contributed by atoms with Gasteiger partial charge >= 0.3 is 0 Å². The highest BCUT2D eigenvalue weighted by Crippen LogP contribution is 2.52. The van der Waals surface area contributed by atoms with E-state index in [4.69, 9.17) is 4.74 Å². The van der Waals surface area contributed by atoms with Gasteiger partial charge in [0.25, 0.3) is 0 Å². The molecule has 2 nitrogen and oxygen atoms in total. The van der Waals surface area contributed by atoms with Crippen LogP contribution < -0.4 is 10.1 Å². The fourth-order valence-corrected chi connectivity index (χ4v) is 4.07. The van der Waals surface area contributed by atoms with Crippen molar-refractivity contribution in [3.8, 4) is 5.75 Å². The van der Waals surface area contributed by atoms with E-state index in [1.165, 1.54) is 22.4 Å². The van der Waals surface area contributed by atoms with E-state index < -0.39 is 0 Å². The summed E-state index contributed by atoms with van der Waals surface area (Å²) in [4.78, 5) is 0. The molecule has 2 aromatic carbocycles. The van der Waals surface area contributed by atoms with Gasteiger partial charge in [-0.05, 0) is 42.4 Å². The molecule has 3 unspecified atom stereocenters. The Morgan fingerprint density at radius 3 is 2.68 bits per heavy atom. The van der Waals surface area contributed by atoms with Crippen molar-refractivity contribution in [2.75, 3.05) is 11.9 Å². The number of para-hydroxylation sites is 1. The van der Waals surface area contributed by atoms with Crippen molar-refractivity contribution in [2.24, 2.45) is 11.8 Å². The van der Waals surface area contributed by atoms with E-state index in [-0.39, 0.29) is 0 Å². The molecule has 1 aliphatic heterocycles. The van der Waals surface area contributed by atoms with Gasteiger partial charge in [0.1, 0.15) is 5.75 Å². The molecule has 4 rings (SSSR count). The molecule has 2 aliphatic rings. The quantitative estimate of drug-likeness (QED) is 0.708. The van der Waals surface area contributed by atoms with E-state index in [1.807, 2.05) is 0 Å². The topological polar surface area (TPSA) is 21.3 Å². The Morgan fingerprint density at radius 2 is 1.92 bits per heavy atom. The lowest BCUT2D eigenvalue weighted by atomic mass is 9.77. The van der Waals surface area contributed by atoms with E-state index in [2.05, 4.69) is 80.7 Å². The van der Waals surface area contributed by atoms with Crippen LogP contribution in [0.15, 0.2) is 54.6 Å². The molecule has 1 N–H and O–H groups in total. The van der Waals surface area contributed by atoms with Crippen molar-refractivity contribution in [1.29, 1.82) is 0 Å². The Hall–Kier alpha value is -2.22. The van der Waals surface area contributed by atoms with Crippen molar-refractivity contribution < 1.29 is 4.74 Å². The Labute approximate surface area is 150 Å². The molecule has 0 fully saturated rings. The van der Waals surface area contributed by atoms with E-state index in [0.717, 1.165) is 18.8 Å². The third-order valence-corrected chi connectivity index (χ3v) is 5.37. The number of aryl methyl sites for hydroxylation is 1. The smallest absolute Gasteiger partial charge is 0.142 e. The molecule has 1 heterocycles. The van der Waals surface area contributed by atoms with Crippen LogP contribution in [0.2, 0.25) is 0 Å². The molecule has 3 atom stereocenters. The molecule has 0 bridgehead atoms. The summed E-state index contributed by atoms with van der Waals surface area (Å²) in [5, 5.41) is 3.83. The van der Waals surface area contributed by atoms with Crippen LogP contribution in [0.3, 0.4) is 0 Å². The monoisotopic (exact) mass is 333 g/mol. The lowest BCUT2D eigenvalue weighted by molar-refractivity contribution is 0.270. The molecule has 0 aromatic heterocycles. The van der Waals surface area contributed by atoms with Gasteiger partial charge in [0.15, 0.2) is 0 Å². The zero-order chi connectivity index (χ0) is 17.4. The summed E-state index contributed by atoms with van der Waals surface area (Å²) in [6.45, 7) is 7.27. The van der Waals surface area contributed by atoms with Crippen LogP contribution in [0.25, 0.3) is 0 Å². The molecule has 2 heteroatoms. The second kappa shape index (κ2) is 6.59. The average Bonchev–Trinajstić information content (AvgIpc) is 3.10. The first kappa shape index (κ1) is 16.3. The zero-order valence-electron chi connectivity index (χ0n) is 15.3. The fourth-order valence-electron chi connectivity index (χ4n) is 4.07. The zero-order valence-corrected chi connectivity index (χ0v) is 15.3. The van der Waals surface area contributed by atoms with E-state index in [9.17, 15) is 0 Å². The minimum atomic E-state index is 0.330. The number of anilines is 1. The molecule has 0 saturated heterocycles. The van der Waals surface area contributed by atoms with Gasteiger partial charge in [-0.1, -0.05) is 68.0 Å². The predicted molar refractivity (Wildman–Crippen MR) is 104 cm³/mol. The third-order valence-electron chi connectivity index (χ3n) is 5.37. The average molecular weight is 333 g/mol. The molecule has 2 aromatic rings. The normalized spacial score (nSPS) is 23.9. The predicted octanol–water partition coefficient (Wildman–Crippen LogP) is 5.86. The van der Waals surface area contributed by atoms with Gasteiger partial charge in [-0.2, -0.15) is 0 Å². The van der Waals surface area contributed by atoms with Crippen molar-refractivity contribution in [3.63, 3.8) is 0 Å². The third kappa shape index (κ3) is 3.06. The van der Waals surface area contributed by atoms with E-state index >= 15 is 0 Å². The first-order valence-corrected chi connectivity index (χ1v) is 9.39. The summed E-state index contributed by atoms with van der Waals surface area (Å²) in [6.07, 6.45) is 5.86. The maximum atomic E-state index is 6.13. The minimum Gasteiger partial charge on any atom is -0.491 e.